The van der Waals surface area contributed by atoms with Crippen LogP contribution in [0.2, 0.25) is 0 Å². The number of carbonyl (C=O) groups is 1. The zero-order valence-corrected chi connectivity index (χ0v) is 10.6. The molecule has 1 aromatic carbocycles. The van der Waals surface area contributed by atoms with Crippen molar-refractivity contribution >= 4 is 16.1 Å². The molecule has 0 amide bonds. The Hall–Kier alpha value is -1.16. The number of rotatable bonds is 5. The van der Waals surface area contributed by atoms with Gasteiger partial charge in [0, 0.05) is 5.92 Å². The van der Waals surface area contributed by atoms with Crippen LogP contribution in [-0.2, 0) is 14.6 Å². The Kier molecular flexibility index (Phi) is 3.08. The lowest BCUT2D eigenvalue weighted by Gasteiger charge is -2.18. The molecule has 1 unspecified atom stereocenters. The zero-order valence-electron chi connectivity index (χ0n) is 9.80. The van der Waals surface area contributed by atoms with Crippen molar-refractivity contribution in [1.29, 1.82) is 0 Å². The van der Waals surface area contributed by atoms with E-state index in [9.17, 15) is 13.2 Å². The number of aldehydes is 1. The van der Waals surface area contributed by atoms with Crippen LogP contribution in [0.25, 0.3) is 0 Å². The Morgan fingerprint density at radius 3 is 2.35 bits per heavy atom. The predicted molar refractivity (Wildman–Crippen MR) is 65.4 cm³/mol. The van der Waals surface area contributed by atoms with Crippen molar-refractivity contribution < 1.29 is 13.2 Å². The Morgan fingerprint density at radius 2 is 1.88 bits per heavy atom. The lowest BCUT2D eigenvalue weighted by molar-refractivity contribution is -0.112. The van der Waals surface area contributed by atoms with Gasteiger partial charge in [-0.05, 0) is 30.4 Å². The fourth-order valence-electron chi connectivity index (χ4n) is 2.13. The van der Waals surface area contributed by atoms with Crippen molar-refractivity contribution in [2.75, 3.05) is 5.75 Å². The van der Waals surface area contributed by atoms with Gasteiger partial charge in [0.05, 0.1) is 10.6 Å². The van der Waals surface area contributed by atoms with Gasteiger partial charge < -0.3 is 4.79 Å². The van der Waals surface area contributed by atoms with Crippen molar-refractivity contribution in [3.05, 3.63) is 30.3 Å². The van der Waals surface area contributed by atoms with Gasteiger partial charge in [0.25, 0.3) is 0 Å². The largest absolute Gasteiger partial charge is 0.303 e. The fourth-order valence-corrected chi connectivity index (χ4v) is 4.17. The van der Waals surface area contributed by atoms with Crippen LogP contribution < -0.4 is 0 Å². The maximum absolute atomic E-state index is 12.2. The number of carbonyl (C=O) groups excluding carboxylic acids is 1. The van der Waals surface area contributed by atoms with E-state index in [1.165, 1.54) is 0 Å². The molecule has 0 spiro atoms. The highest BCUT2D eigenvalue weighted by Crippen LogP contribution is 2.52. The minimum absolute atomic E-state index is 0.0872. The van der Waals surface area contributed by atoms with Gasteiger partial charge in [-0.15, -0.1) is 0 Å². The molecule has 4 heteroatoms. The highest BCUT2D eigenvalue weighted by Gasteiger charge is 2.50. The molecule has 92 valence electrons. The average Bonchev–Trinajstić information content (AvgIpc) is 3.09. The van der Waals surface area contributed by atoms with Gasteiger partial charge in [-0.2, -0.15) is 0 Å². The summed E-state index contributed by atoms with van der Waals surface area (Å²) in [5, 5.41) is 0. The highest BCUT2D eigenvalue weighted by molar-refractivity contribution is 7.91. The molecule has 17 heavy (non-hydrogen) atoms. The minimum Gasteiger partial charge on any atom is -0.303 e. The monoisotopic (exact) mass is 252 g/mol. The summed E-state index contributed by atoms with van der Waals surface area (Å²) in [6.07, 6.45) is 2.53. The van der Waals surface area contributed by atoms with E-state index in [2.05, 4.69) is 0 Å². The lowest BCUT2D eigenvalue weighted by Crippen LogP contribution is -2.24. The number of sulfone groups is 1. The van der Waals surface area contributed by atoms with Crippen LogP contribution in [0.3, 0.4) is 0 Å². The van der Waals surface area contributed by atoms with Crippen LogP contribution in [0, 0.1) is 11.3 Å². The summed E-state index contributed by atoms with van der Waals surface area (Å²) in [5.41, 5.74) is -0.309. The van der Waals surface area contributed by atoms with E-state index in [4.69, 9.17) is 0 Å². The lowest BCUT2D eigenvalue weighted by atomic mass is 9.94. The summed E-state index contributed by atoms with van der Waals surface area (Å²) in [7, 11) is -3.27. The molecule has 1 atom stereocenters. The molecule has 1 aliphatic rings. The fraction of sp³-hybridized carbons (Fsp3) is 0.462. The molecule has 1 aromatic rings. The number of hydrogen-bond donors (Lipinski definition) is 0. The maximum Gasteiger partial charge on any atom is 0.178 e. The molecular weight excluding hydrogens is 236 g/mol. The SMILES string of the molecule is CC(C=O)C1(CS(=O)(=O)c2ccccc2)CC1. The Bertz CT molecular complexity index is 501. The van der Waals surface area contributed by atoms with E-state index < -0.39 is 9.84 Å². The van der Waals surface area contributed by atoms with Gasteiger partial charge in [0.15, 0.2) is 9.84 Å². The maximum atomic E-state index is 12.2. The van der Waals surface area contributed by atoms with Gasteiger partial charge in [0.2, 0.25) is 0 Å². The van der Waals surface area contributed by atoms with Crippen molar-refractivity contribution in [3.8, 4) is 0 Å². The Labute approximate surface area is 102 Å². The summed E-state index contributed by atoms with van der Waals surface area (Å²) < 4.78 is 24.4. The summed E-state index contributed by atoms with van der Waals surface area (Å²) in [4.78, 5) is 11.2. The van der Waals surface area contributed by atoms with E-state index in [0.29, 0.717) is 4.90 Å². The van der Waals surface area contributed by atoms with Gasteiger partial charge in [-0.25, -0.2) is 8.42 Å². The molecule has 1 saturated carbocycles. The molecule has 0 aromatic heterocycles. The standard InChI is InChI=1S/C13H16O3S/c1-11(9-14)13(7-8-13)10-17(15,16)12-5-3-2-4-6-12/h2-6,9,11H,7-8,10H2,1H3. The summed E-state index contributed by atoms with van der Waals surface area (Å²) in [6, 6.07) is 8.44. The van der Waals surface area contributed by atoms with Crippen molar-refractivity contribution in [2.24, 2.45) is 11.3 Å². The summed E-state index contributed by atoms with van der Waals surface area (Å²) in [6.45, 7) is 1.81. The number of hydrogen-bond acceptors (Lipinski definition) is 3. The van der Waals surface area contributed by atoms with E-state index in [0.717, 1.165) is 19.1 Å². The van der Waals surface area contributed by atoms with Crippen molar-refractivity contribution in [3.63, 3.8) is 0 Å². The third-order valence-corrected chi connectivity index (χ3v) is 5.59. The topological polar surface area (TPSA) is 51.2 Å². The van der Waals surface area contributed by atoms with E-state index >= 15 is 0 Å². The first-order valence-electron chi connectivity index (χ1n) is 5.73. The molecule has 1 fully saturated rings. The van der Waals surface area contributed by atoms with Gasteiger partial charge in [-0.1, -0.05) is 25.1 Å². The first-order chi connectivity index (χ1) is 8.00. The molecule has 0 N–H and O–H groups in total. The molecular formula is C13H16O3S. The molecule has 1 aliphatic carbocycles. The second-order valence-electron chi connectivity index (χ2n) is 4.86. The molecule has 3 nitrogen and oxygen atoms in total. The third kappa shape index (κ3) is 2.41. The molecule has 2 rings (SSSR count). The average molecular weight is 252 g/mol. The normalized spacial score (nSPS) is 19.6. The van der Waals surface area contributed by atoms with Crippen LogP contribution >= 0.6 is 0 Å². The molecule has 0 saturated heterocycles. The third-order valence-electron chi connectivity index (χ3n) is 3.64. The molecule has 0 heterocycles. The van der Waals surface area contributed by atoms with Crippen LogP contribution in [0.5, 0.6) is 0 Å². The molecule has 0 aliphatic heterocycles. The van der Waals surface area contributed by atoms with Crippen LogP contribution in [0.1, 0.15) is 19.8 Å². The second-order valence-corrected chi connectivity index (χ2v) is 6.85. The van der Waals surface area contributed by atoms with E-state index in [-0.39, 0.29) is 17.1 Å². The van der Waals surface area contributed by atoms with Gasteiger partial charge >= 0.3 is 0 Å². The van der Waals surface area contributed by atoms with Crippen molar-refractivity contribution in [1.82, 2.24) is 0 Å². The van der Waals surface area contributed by atoms with Crippen LogP contribution in [0.4, 0.5) is 0 Å². The predicted octanol–water partition coefficient (Wildman–Crippen LogP) is 2.08. The van der Waals surface area contributed by atoms with Crippen LogP contribution in [0.15, 0.2) is 35.2 Å². The summed E-state index contributed by atoms with van der Waals surface area (Å²) in [5.74, 6) is -0.0924. The number of benzene rings is 1. The Balaban J connectivity index is 2.22. The first kappa shape index (κ1) is 12.3. The quantitative estimate of drug-likeness (QED) is 0.754. The van der Waals surface area contributed by atoms with E-state index in [1.807, 2.05) is 0 Å². The van der Waals surface area contributed by atoms with E-state index in [1.54, 1.807) is 37.3 Å². The smallest absolute Gasteiger partial charge is 0.178 e. The Morgan fingerprint density at radius 1 is 1.29 bits per heavy atom. The second kappa shape index (κ2) is 4.26. The molecule has 0 radical (unpaired) electrons. The first-order valence-corrected chi connectivity index (χ1v) is 7.38. The van der Waals surface area contributed by atoms with Crippen molar-refractivity contribution in [2.45, 2.75) is 24.7 Å². The van der Waals surface area contributed by atoms with Gasteiger partial charge in [0.1, 0.15) is 6.29 Å². The minimum atomic E-state index is -3.27. The zero-order chi connectivity index (χ0) is 12.5. The molecule has 0 bridgehead atoms. The van der Waals surface area contributed by atoms with Crippen LogP contribution in [-0.4, -0.2) is 20.5 Å². The van der Waals surface area contributed by atoms with Gasteiger partial charge in [-0.3, -0.25) is 0 Å². The summed E-state index contributed by atoms with van der Waals surface area (Å²) >= 11 is 0. The highest BCUT2D eigenvalue weighted by atomic mass is 32.2.